The van der Waals surface area contributed by atoms with E-state index < -0.39 is 15.2 Å². The lowest BCUT2D eigenvalue weighted by molar-refractivity contribution is -0.108. The number of thioether (sulfide) groups is 1. The van der Waals surface area contributed by atoms with Gasteiger partial charge in [-0.2, -0.15) is 11.8 Å². The summed E-state index contributed by atoms with van der Waals surface area (Å²) in [5, 5.41) is -0.462. The summed E-state index contributed by atoms with van der Waals surface area (Å²) in [5.74, 6) is 1.64. The van der Waals surface area contributed by atoms with Crippen LogP contribution in [0, 0.1) is 0 Å². The molecule has 6 heteroatoms. The molecule has 1 fully saturated rings. The Bertz CT molecular complexity index is 289. The van der Waals surface area contributed by atoms with Crippen LogP contribution in [0.15, 0.2) is 0 Å². The van der Waals surface area contributed by atoms with Gasteiger partial charge in [0.05, 0.1) is 6.54 Å². The van der Waals surface area contributed by atoms with Crippen molar-refractivity contribution in [1.29, 1.82) is 0 Å². The van der Waals surface area contributed by atoms with Crippen LogP contribution in [0.3, 0.4) is 0 Å². The minimum absolute atomic E-state index is 0.146. The minimum atomic E-state index is -3.05. The zero-order chi connectivity index (χ0) is 10.6. The molecule has 0 amide bonds. The van der Waals surface area contributed by atoms with Gasteiger partial charge in [-0.05, 0) is 0 Å². The SMILES string of the molecule is CCS(=O)(=O)C1CSCCN1CC=O. The van der Waals surface area contributed by atoms with E-state index in [1.165, 1.54) is 0 Å². The second kappa shape index (κ2) is 5.14. The number of hydrogen-bond donors (Lipinski definition) is 0. The quantitative estimate of drug-likeness (QED) is 0.644. The molecule has 14 heavy (non-hydrogen) atoms. The van der Waals surface area contributed by atoms with E-state index >= 15 is 0 Å². The lowest BCUT2D eigenvalue weighted by Crippen LogP contribution is -2.48. The van der Waals surface area contributed by atoms with Gasteiger partial charge in [0, 0.05) is 23.8 Å². The van der Waals surface area contributed by atoms with Gasteiger partial charge >= 0.3 is 0 Å². The van der Waals surface area contributed by atoms with E-state index in [0.29, 0.717) is 12.3 Å². The molecule has 0 aromatic carbocycles. The average molecular weight is 237 g/mol. The van der Waals surface area contributed by atoms with Gasteiger partial charge in [-0.1, -0.05) is 6.92 Å². The molecular formula is C8H15NO3S2. The Labute approximate surface area is 89.0 Å². The van der Waals surface area contributed by atoms with Crippen molar-refractivity contribution in [2.24, 2.45) is 0 Å². The molecular weight excluding hydrogens is 222 g/mol. The molecule has 0 aromatic heterocycles. The van der Waals surface area contributed by atoms with Crippen LogP contribution in [0.2, 0.25) is 0 Å². The molecule has 0 bridgehead atoms. The summed E-state index contributed by atoms with van der Waals surface area (Å²) < 4.78 is 23.3. The smallest absolute Gasteiger partial charge is 0.166 e. The summed E-state index contributed by atoms with van der Waals surface area (Å²) >= 11 is 1.64. The maximum Gasteiger partial charge on any atom is 0.166 e. The molecule has 1 heterocycles. The van der Waals surface area contributed by atoms with E-state index in [1.54, 1.807) is 23.6 Å². The first-order valence-electron chi connectivity index (χ1n) is 4.59. The van der Waals surface area contributed by atoms with Crippen molar-refractivity contribution in [3.8, 4) is 0 Å². The standard InChI is InChI=1S/C8H15NO3S2/c1-2-14(11,12)8-7-13-6-4-9(8)3-5-10/h5,8H,2-4,6-7H2,1H3. The number of rotatable bonds is 4. The molecule has 1 aliphatic heterocycles. The van der Waals surface area contributed by atoms with Crippen LogP contribution in [-0.2, 0) is 14.6 Å². The Balaban J connectivity index is 2.77. The first-order valence-corrected chi connectivity index (χ1v) is 7.46. The van der Waals surface area contributed by atoms with Crippen LogP contribution in [-0.4, -0.2) is 55.3 Å². The molecule has 1 aliphatic rings. The van der Waals surface area contributed by atoms with Crippen LogP contribution in [0.5, 0.6) is 0 Å². The molecule has 0 saturated carbocycles. The molecule has 4 nitrogen and oxygen atoms in total. The van der Waals surface area contributed by atoms with Gasteiger partial charge in [0.1, 0.15) is 11.7 Å². The average Bonchev–Trinajstić information content (AvgIpc) is 2.19. The van der Waals surface area contributed by atoms with Gasteiger partial charge in [-0.15, -0.1) is 0 Å². The molecule has 1 atom stereocenters. The normalized spacial score (nSPS) is 24.8. The summed E-state index contributed by atoms with van der Waals surface area (Å²) in [6.45, 7) is 2.56. The summed E-state index contributed by atoms with van der Waals surface area (Å²) in [5.41, 5.74) is 0. The van der Waals surface area contributed by atoms with Crippen molar-refractivity contribution in [1.82, 2.24) is 4.90 Å². The number of sulfone groups is 1. The van der Waals surface area contributed by atoms with Crippen LogP contribution in [0.1, 0.15) is 6.92 Å². The lowest BCUT2D eigenvalue weighted by atomic mass is 10.5. The predicted molar refractivity (Wildman–Crippen MR) is 58.2 cm³/mol. The van der Waals surface area contributed by atoms with Crippen LogP contribution >= 0.6 is 11.8 Å². The van der Waals surface area contributed by atoms with Crippen molar-refractivity contribution >= 4 is 27.9 Å². The Morgan fingerprint density at radius 1 is 1.57 bits per heavy atom. The Morgan fingerprint density at radius 3 is 2.86 bits per heavy atom. The molecule has 0 radical (unpaired) electrons. The van der Waals surface area contributed by atoms with E-state index in [-0.39, 0.29) is 12.3 Å². The Kier molecular flexibility index (Phi) is 4.40. The zero-order valence-electron chi connectivity index (χ0n) is 8.18. The second-order valence-electron chi connectivity index (χ2n) is 3.14. The summed E-state index contributed by atoms with van der Waals surface area (Å²) in [6, 6.07) is 0. The number of carbonyl (C=O) groups excluding carboxylic acids is 1. The van der Waals surface area contributed by atoms with Crippen LogP contribution in [0.4, 0.5) is 0 Å². The third-order valence-corrected chi connectivity index (χ3v) is 5.65. The van der Waals surface area contributed by atoms with Crippen molar-refractivity contribution in [2.75, 3.05) is 30.3 Å². The topological polar surface area (TPSA) is 54.5 Å². The van der Waals surface area contributed by atoms with Crippen molar-refractivity contribution in [3.63, 3.8) is 0 Å². The molecule has 1 unspecified atom stereocenters. The largest absolute Gasteiger partial charge is 0.302 e. The number of hydrogen-bond acceptors (Lipinski definition) is 5. The van der Waals surface area contributed by atoms with Crippen molar-refractivity contribution in [2.45, 2.75) is 12.3 Å². The van der Waals surface area contributed by atoms with Gasteiger partial charge in [0.2, 0.25) is 0 Å². The van der Waals surface area contributed by atoms with Gasteiger partial charge in [0.15, 0.2) is 9.84 Å². The highest BCUT2D eigenvalue weighted by atomic mass is 32.2. The maximum atomic E-state index is 11.7. The third kappa shape index (κ3) is 2.71. The van der Waals surface area contributed by atoms with Crippen LogP contribution in [0.25, 0.3) is 0 Å². The predicted octanol–water partition coefficient (Wildman–Crippen LogP) is -0.00510. The van der Waals surface area contributed by atoms with Gasteiger partial charge in [-0.3, -0.25) is 4.90 Å². The van der Waals surface area contributed by atoms with Gasteiger partial charge in [-0.25, -0.2) is 8.42 Å². The lowest BCUT2D eigenvalue weighted by Gasteiger charge is -2.32. The third-order valence-electron chi connectivity index (χ3n) is 2.32. The zero-order valence-corrected chi connectivity index (χ0v) is 9.81. The Hall–Kier alpha value is -0.0700. The second-order valence-corrected chi connectivity index (χ2v) is 6.74. The molecule has 1 saturated heterocycles. The number of nitrogens with zero attached hydrogens (tertiary/aromatic N) is 1. The van der Waals surface area contributed by atoms with E-state index in [0.717, 1.165) is 12.0 Å². The summed E-state index contributed by atoms with van der Waals surface area (Å²) in [7, 11) is -3.05. The highest BCUT2D eigenvalue weighted by Crippen LogP contribution is 2.20. The highest BCUT2D eigenvalue weighted by molar-refractivity contribution is 8.01. The van der Waals surface area contributed by atoms with E-state index in [2.05, 4.69) is 0 Å². The highest BCUT2D eigenvalue weighted by Gasteiger charge is 2.32. The monoisotopic (exact) mass is 237 g/mol. The fraction of sp³-hybridized carbons (Fsp3) is 0.875. The summed E-state index contributed by atoms with van der Waals surface area (Å²) in [6.07, 6.45) is 0.772. The molecule has 82 valence electrons. The number of aldehydes is 1. The van der Waals surface area contributed by atoms with E-state index in [1.807, 2.05) is 0 Å². The van der Waals surface area contributed by atoms with Crippen LogP contribution < -0.4 is 0 Å². The summed E-state index contributed by atoms with van der Waals surface area (Å²) in [4.78, 5) is 12.1. The molecule has 1 rings (SSSR count). The van der Waals surface area contributed by atoms with Crippen molar-refractivity contribution in [3.05, 3.63) is 0 Å². The maximum absolute atomic E-state index is 11.7. The van der Waals surface area contributed by atoms with Gasteiger partial charge < -0.3 is 4.79 Å². The number of carbonyl (C=O) groups is 1. The molecule has 0 aliphatic carbocycles. The first kappa shape index (κ1) is 12.0. The van der Waals surface area contributed by atoms with Gasteiger partial charge in [0.25, 0.3) is 0 Å². The Morgan fingerprint density at radius 2 is 2.29 bits per heavy atom. The van der Waals surface area contributed by atoms with E-state index in [9.17, 15) is 13.2 Å². The van der Waals surface area contributed by atoms with E-state index in [4.69, 9.17) is 0 Å². The fourth-order valence-electron chi connectivity index (χ4n) is 1.44. The van der Waals surface area contributed by atoms with Crippen molar-refractivity contribution < 1.29 is 13.2 Å². The fourth-order valence-corrected chi connectivity index (χ4v) is 4.53. The minimum Gasteiger partial charge on any atom is -0.302 e. The molecule has 0 spiro atoms. The molecule has 0 aromatic rings. The molecule has 0 N–H and O–H groups in total. The first-order chi connectivity index (χ1) is 6.61.